The molecule has 4 aromatic rings. The van der Waals surface area contributed by atoms with Crippen molar-refractivity contribution in [3.8, 4) is 5.75 Å². The molecule has 0 radical (unpaired) electrons. The lowest BCUT2D eigenvalue weighted by Gasteiger charge is -2.39. The lowest BCUT2D eigenvalue weighted by molar-refractivity contribution is -0.141. The summed E-state index contributed by atoms with van der Waals surface area (Å²) in [6, 6.07) is 21.7. The van der Waals surface area contributed by atoms with Crippen LogP contribution in [0.3, 0.4) is 0 Å². The van der Waals surface area contributed by atoms with E-state index in [2.05, 4.69) is 41.9 Å². The van der Waals surface area contributed by atoms with Crippen molar-refractivity contribution >= 4 is 47.2 Å². The monoisotopic (exact) mass is 932 g/mol. The third-order valence-electron chi connectivity index (χ3n) is 12.1. The highest BCUT2D eigenvalue weighted by molar-refractivity contribution is 6.09. The standard InChI is InChI=1S/C50H65N11O7/c1-35-13-14-40(30-39(35)32-61(34-62)44-15-16-45(63)58-48(44)65)55-23-26-67-28-27-66-24-5-3-4-6-25-68-42-12-8-9-37(31-42)36(2)57-47(64)38-10-7-11-41(29-38)60-50(18-21-53-22-19-50)49(52)59-46(51)43-17-20-54-33-56-43/h7-14,17,20,29-31,33-34,36,44,53,55,60H,3-6,15-16,18-19,21-28,32H2,1-2H3,(H,57,64)(H3,51,52,59)(H,58,63,65). The Balaban J connectivity index is 0.823. The lowest BCUT2D eigenvalue weighted by Crippen LogP contribution is -2.58. The van der Waals surface area contributed by atoms with Gasteiger partial charge in [-0.15, -0.1) is 0 Å². The maximum Gasteiger partial charge on any atom is 0.251 e. The minimum atomic E-state index is -0.771. The van der Waals surface area contributed by atoms with Gasteiger partial charge in [0, 0.05) is 49.3 Å². The fraction of sp³-hybridized carbons (Fsp3) is 0.440. The van der Waals surface area contributed by atoms with E-state index in [1.807, 2.05) is 68.4 Å². The number of amidine groups is 2. The molecule has 8 N–H and O–H groups in total. The van der Waals surface area contributed by atoms with Crippen molar-refractivity contribution in [1.29, 1.82) is 10.8 Å². The van der Waals surface area contributed by atoms with Crippen LogP contribution < -0.4 is 36.6 Å². The second kappa shape index (κ2) is 26.0. The average Bonchev–Trinajstić information content (AvgIpc) is 3.35. The Morgan fingerprint density at radius 3 is 2.47 bits per heavy atom. The number of piperidine rings is 2. The van der Waals surface area contributed by atoms with Gasteiger partial charge < -0.3 is 45.7 Å². The number of amides is 4. The van der Waals surface area contributed by atoms with E-state index in [9.17, 15) is 19.2 Å². The molecule has 4 amide bonds. The van der Waals surface area contributed by atoms with Crippen LogP contribution in [-0.2, 0) is 30.4 Å². The number of unbranched alkanes of at least 4 members (excludes halogenated alkanes) is 3. The summed E-state index contributed by atoms with van der Waals surface area (Å²) in [6.07, 6.45) is 9.25. The average molecular weight is 932 g/mol. The van der Waals surface area contributed by atoms with Gasteiger partial charge in [0.1, 0.15) is 35.5 Å². The van der Waals surface area contributed by atoms with Gasteiger partial charge in [0.2, 0.25) is 18.2 Å². The van der Waals surface area contributed by atoms with Crippen LogP contribution in [0.25, 0.3) is 0 Å². The third-order valence-corrected chi connectivity index (χ3v) is 12.1. The topological polar surface area (TPSA) is 245 Å². The van der Waals surface area contributed by atoms with Gasteiger partial charge >= 0.3 is 0 Å². The summed E-state index contributed by atoms with van der Waals surface area (Å²) in [7, 11) is 0. The minimum absolute atomic E-state index is 0.0176. The first-order valence-electron chi connectivity index (χ1n) is 23.4. The van der Waals surface area contributed by atoms with Crippen LogP contribution in [0, 0.1) is 17.7 Å². The van der Waals surface area contributed by atoms with E-state index in [1.165, 1.54) is 11.2 Å². The molecule has 6 rings (SSSR count). The first kappa shape index (κ1) is 50.6. The molecule has 2 saturated heterocycles. The Morgan fingerprint density at radius 1 is 0.926 bits per heavy atom. The predicted molar refractivity (Wildman–Crippen MR) is 260 cm³/mol. The molecule has 1 aromatic heterocycles. The van der Waals surface area contributed by atoms with Gasteiger partial charge in [-0.1, -0.05) is 30.7 Å². The van der Waals surface area contributed by atoms with Gasteiger partial charge in [0.05, 0.1) is 38.0 Å². The highest BCUT2D eigenvalue weighted by Gasteiger charge is 2.37. The molecule has 18 heteroatoms. The number of ether oxygens (including phenoxy) is 3. The van der Waals surface area contributed by atoms with Crippen LogP contribution in [0.15, 0.2) is 85.3 Å². The zero-order valence-corrected chi connectivity index (χ0v) is 39.0. The SMILES string of the molecule is Cc1ccc(NCCOCCOCCCCCCOc2cccc(C(C)NC(=O)c3cccc(NC4(C(=N)NC(=N)c5ccncn5)CCNCC4)c3)c2)cc1CN(C=O)C1CCC(=O)NC1=O. The summed E-state index contributed by atoms with van der Waals surface area (Å²) in [5.41, 5.74) is 4.55. The number of carbonyl (C=O) groups excluding carboxylic acids is 4. The summed E-state index contributed by atoms with van der Waals surface area (Å²) >= 11 is 0. The zero-order chi connectivity index (χ0) is 48.1. The number of imide groups is 1. The van der Waals surface area contributed by atoms with E-state index in [1.54, 1.807) is 24.4 Å². The van der Waals surface area contributed by atoms with Crippen molar-refractivity contribution in [3.63, 3.8) is 0 Å². The molecule has 2 atom stereocenters. The molecule has 3 heterocycles. The fourth-order valence-corrected chi connectivity index (χ4v) is 8.10. The van der Waals surface area contributed by atoms with Gasteiger partial charge in [-0.25, -0.2) is 9.97 Å². The van der Waals surface area contributed by atoms with E-state index < -0.39 is 17.5 Å². The highest BCUT2D eigenvalue weighted by atomic mass is 16.5. The summed E-state index contributed by atoms with van der Waals surface area (Å²) in [4.78, 5) is 58.7. The number of aryl methyl sites for hydroxylation is 1. The van der Waals surface area contributed by atoms with Gasteiger partial charge in [-0.05, 0) is 131 Å². The molecule has 68 heavy (non-hydrogen) atoms. The number of benzene rings is 3. The Kier molecular flexibility index (Phi) is 19.3. The van der Waals surface area contributed by atoms with Crippen molar-refractivity contribution in [2.45, 2.75) is 89.4 Å². The summed E-state index contributed by atoms with van der Waals surface area (Å²) in [5.74, 6) is -0.0421. The van der Waals surface area contributed by atoms with Crippen molar-refractivity contribution in [2.24, 2.45) is 0 Å². The molecule has 0 spiro atoms. The smallest absolute Gasteiger partial charge is 0.251 e. The molecule has 0 bridgehead atoms. The number of nitrogens with zero attached hydrogens (tertiary/aromatic N) is 3. The minimum Gasteiger partial charge on any atom is -0.494 e. The molecular weight excluding hydrogens is 867 g/mol. The quantitative estimate of drug-likeness (QED) is 0.0132. The molecule has 2 fully saturated rings. The van der Waals surface area contributed by atoms with Crippen molar-refractivity contribution in [2.75, 3.05) is 63.3 Å². The maximum absolute atomic E-state index is 13.5. The second-order valence-electron chi connectivity index (χ2n) is 17.1. The Labute approximate surface area is 398 Å². The number of anilines is 2. The first-order chi connectivity index (χ1) is 33.0. The molecule has 0 aliphatic carbocycles. The molecule has 3 aromatic carbocycles. The highest BCUT2D eigenvalue weighted by Crippen LogP contribution is 2.27. The molecule has 362 valence electrons. The van der Waals surface area contributed by atoms with Crippen LogP contribution in [0.5, 0.6) is 5.75 Å². The van der Waals surface area contributed by atoms with Crippen molar-refractivity contribution < 1.29 is 33.4 Å². The molecule has 2 aliphatic rings. The molecular formula is C50H65N11O7. The maximum atomic E-state index is 13.5. The number of aromatic nitrogens is 2. The summed E-state index contributed by atoms with van der Waals surface area (Å²) in [5, 5.41) is 36.0. The van der Waals surface area contributed by atoms with Crippen LogP contribution in [-0.4, -0.2) is 115 Å². The summed E-state index contributed by atoms with van der Waals surface area (Å²) < 4.78 is 17.6. The number of carbonyl (C=O) groups is 4. The summed E-state index contributed by atoms with van der Waals surface area (Å²) in [6.45, 7) is 8.91. The molecule has 2 unspecified atom stereocenters. The number of nitrogens with one attached hydrogen (secondary N) is 8. The first-order valence-corrected chi connectivity index (χ1v) is 23.4. The van der Waals surface area contributed by atoms with Gasteiger partial charge in [-0.2, -0.15) is 0 Å². The van der Waals surface area contributed by atoms with E-state index >= 15 is 0 Å². The van der Waals surface area contributed by atoms with Gasteiger partial charge in [0.15, 0.2) is 0 Å². The van der Waals surface area contributed by atoms with Crippen LogP contribution in [0.2, 0.25) is 0 Å². The van der Waals surface area contributed by atoms with Crippen molar-refractivity contribution in [1.82, 2.24) is 36.1 Å². The normalized spacial score (nSPS) is 15.9. The van der Waals surface area contributed by atoms with Gasteiger partial charge in [0.25, 0.3) is 5.91 Å². The number of hydrogen-bond donors (Lipinski definition) is 8. The third kappa shape index (κ3) is 15.1. The van der Waals surface area contributed by atoms with E-state index in [-0.39, 0.29) is 42.5 Å². The van der Waals surface area contributed by atoms with E-state index in [4.69, 9.17) is 25.0 Å². The van der Waals surface area contributed by atoms with Crippen LogP contribution in [0.1, 0.15) is 97.1 Å². The van der Waals surface area contributed by atoms with Gasteiger partial charge in [-0.3, -0.25) is 35.3 Å². The van der Waals surface area contributed by atoms with E-state index in [0.29, 0.717) is 95.3 Å². The Morgan fingerprint density at radius 2 is 1.71 bits per heavy atom. The fourth-order valence-electron chi connectivity index (χ4n) is 8.10. The molecule has 0 saturated carbocycles. The van der Waals surface area contributed by atoms with Crippen LogP contribution >= 0.6 is 0 Å². The zero-order valence-electron chi connectivity index (χ0n) is 39.0. The van der Waals surface area contributed by atoms with Crippen molar-refractivity contribution in [3.05, 3.63) is 113 Å². The second-order valence-corrected chi connectivity index (χ2v) is 17.1. The Hall–Kier alpha value is -6.76. The largest absolute Gasteiger partial charge is 0.494 e. The Bertz CT molecular complexity index is 2330. The van der Waals surface area contributed by atoms with E-state index in [0.717, 1.165) is 53.8 Å². The number of rotatable bonds is 26. The predicted octanol–water partition coefficient (Wildman–Crippen LogP) is 5.25. The molecule has 2 aliphatic heterocycles. The lowest BCUT2D eigenvalue weighted by atomic mass is 9.86. The number of hydrogen-bond acceptors (Lipinski definition) is 14. The molecule has 18 nitrogen and oxygen atoms in total. The van der Waals surface area contributed by atoms with Crippen LogP contribution in [0.4, 0.5) is 11.4 Å².